The number of Topliss-reactive ketones (excluding diaryl/α,β-unsaturated/α-hetero) is 1. The lowest BCUT2D eigenvalue weighted by Crippen LogP contribution is -2.37. The summed E-state index contributed by atoms with van der Waals surface area (Å²) in [4.78, 5) is 20.9. The van der Waals surface area contributed by atoms with Crippen LogP contribution in [0, 0.1) is 0 Å². The predicted molar refractivity (Wildman–Crippen MR) is 37.3 cm³/mol. The highest BCUT2D eigenvalue weighted by Crippen LogP contribution is 2.20. The molecule has 1 atom stereocenters. The van der Waals surface area contributed by atoms with E-state index in [-0.39, 0.29) is 6.61 Å². The number of rotatable bonds is 3. The van der Waals surface area contributed by atoms with E-state index in [4.69, 9.17) is 11.6 Å². The molecular weight excluding hydrogens is 213 g/mol. The lowest BCUT2D eigenvalue weighted by molar-refractivity contribution is -0.174. The molecule has 0 unspecified atom stereocenters. The average Bonchev–Trinajstić information content (AvgIpc) is 2.00. The zero-order valence-electron chi connectivity index (χ0n) is 6.52. The van der Waals surface area contributed by atoms with E-state index in [0.717, 1.165) is 0 Å². The molecule has 0 aliphatic carbocycles. The normalized spacial score (nSPS) is 13.6. The van der Waals surface area contributed by atoms with Crippen LogP contribution < -0.4 is 0 Å². The van der Waals surface area contributed by atoms with Crippen molar-refractivity contribution in [1.82, 2.24) is 0 Å². The minimum Gasteiger partial charge on any atom is -0.465 e. The maximum Gasteiger partial charge on any atom is 0.452 e. The van der Waals surface area contributed by atoms with Crippen LogP contribution in [0.1, 0.15) is 6.92 Å². The monoisotopic (exact) mass is 218 g/mol. The van der Waals surface area contributed by atoms with Gasteiger partial charge in [0.15, 0.2) is 5.38 Å². The van der Waals surface area contributed by atoms with Gasteiger partial charge in [-0.1, -0.05) is 0 Å². The van der Waals surface area contributed by atoms with E-state index in [1.54, 1.807) is 0 Å². The van der Waals surface area contributed by atoms with Crippen LogP contribution >= 0.6 is 11.6 Å². The van der Waals surface area contributed by atoms with E-state index in [1.807, 2.05) is 0 Å². The molecule has 0 aromatic heterocycles. The molecule has 7 heteroatoms. The van der Waals surface area contributed by atoms with Gasteiger partial charge in [0.05, 0.1) is 6.61 Å². The lowest BCUT2D eigenvalue weighted by Gasteiger charge is -2.09. The number of hydrogen-bond donors (Lipinski definition) is 0. The first-order valence-electron chi connectivity index (χ1n) is 3.22. The number of alkyl halides is 4. The molecule has 0 aliphatic heterocycles. The Morgan fingerprint density at radius 2 is 1.92 bits per heavy atom. The molecule has 0 bridgehead atoms. The predicted octanol–water partition coefficient (Wildman–Crippen LogP) is 1.29. The molecule has 0 saturated carbocycles. The molecule has 0 spiro atoms. The lowest BCUT2D eigenvalue weighted by atomic mass is 10.3. The molecule has 0 amide bonds. The molecule has 0 heterocycles. The minimum absolute atomic E-state index is 0.132. The first-order valence-corrected chi connectivity index (χ1v) is 3.66. The first-order chi connectivity index (χ1) is 5.80. The zero-order valence-corrected chi connectivity index (χ0v) is 7.28. The Balaban J connectivity index is 4.35. The topological polar surface area (TPSA) is 43.4 Å². The molecule has 76 valence electrons. The van der Waals surface area contributed by atoms with Gasteiger partial charge in [-0.25, -0.2) is 4.79 Å². The number of hydrogen-bond acceptors (Lipinski definition) is 3. The number of halogens is 4. The molecular formula is C6H6ClF3O3. The largest absolute Gasteiger partial charge is 0.465 e. The molecule has 0 aromatic carbocycles. The Kier molecular flexibility index (Phi) is 4.19. The summed E-state index contributed by atoms with van der Waals surface area (Å²) >= 11 is 4.90. The summed E-state index contributed by atoms with van der Waals surface area (Å²) in [7, 11) is 0. The number of ether oxygens (including phenoxy) is 1. The van der Waals surface area contributed by atoms with Crippen molar-refractivity contribution in [2.45, 2.75) is 18.5 Å². The van der Waals surface area contributed by atoms with Gasteiger partial charge in [0.25, 0.3) is 5.78 Å². The van der Waals surface area contributed by atoms with Gasteiger partial charge in [-0.2, -0.15) is 13.2 Å². The summed E-state index contributed by atoms with van der Waals surface area (Å²) in [6.45, 7) is 1.26. The van der Waals surface area contributed by atoms with Gasteiger partial charge in [0.1, 0.15) is 0 Å². The van der Waals surface area contributed by atoms with Crippen LogP contribution in [0.25, 0.3) is 0 Å². The summed E-state index contributed by atoms with van der Waals surface area (Å²) in [6.07, 6.45) is -5.11. The zero-order chi connectivity index (χ0) is 10.6. The number of carbonyl (C=O) groups excluding carboxylic acids is 2. The van der Waals surface area contributed by atoms with Crippen LogP contribution in [0.5, 0.6) is 0 Å². The average molecular weight is 219 g/mol. The second kappa shape index (κ2) is 4.45. The molecule has 0 N–H and O–H groups in total. The molecule has 0 aliphatic rings. The van der Waals surface area contributed by atoms with E-state index in [0.29, 0.717) is 0 Å². The summed E-state index contributed by atoms with van der Waals surface area (Å²) in [5.41, 5.74) is 0. The summed E-state index contributed by atoms with van der Waals surface area (Å²) in [5, 5.41) is -2.31. The van der Waals surface area contributed by atoms with Crippen LogP contribution in [0.4, 0.5) is 13.2 Å². The van der Waals surface area contributed by atoms with Crippen molar-refractivity contribution in [3.63, 3.8) is 0 Å². The van der Waals surface area contributed by atoms with Crippen LogP contribution in [0.2, 0.25) is 0 Å². The number of esters is 1. The van der Waals surface area contributed by atoms with Crippen molar-refractivity contribution in [2.75, 3.05) is 6.61 Å². The van der Waals surface area contributed by atoms with Gasteiger partial charge >= 0.3 is 12.1 Å². The van der Waals surface area contributed by atoms with Crippen molar-refractivity contribution >= 4 is 23.4 Å². The van der Waals surface area contributed by atoms with Crippen LogP contribution in [-0.2, 0) is 14.3 Å². The fourth-order valence-corrected chi connectivity index (χ4v) is 0.653. The molecule has 13 heavy (non-hydrogen) atoms. The Bertz CT molecular complexity index is 214. The Hall–Kier alpha value is -0.780. The third-order valence-electron chi connectivity index (χ3n) is 1.00. The third kappa shape index (κ3) is 3.63. The second-order valence-corrected chi connectivity index (χ2v) is 2.41. The van der Waals surface area contributed by atoms with Gasteiger partial charge in [0, 0.05) is 0 Å². The third-order valence-corrected chi connectivity index (χ3v) is 1.38. The Labute approximate surface area is 76.8 Å². The Morgan fingerprint density at radius 1 is 1.46 bits per heavy atom. The SMILES string of the molecule is CCOC(=O)[C@@H](Cl)C(=O)C(F)(F)F. The quantitative estimate of drug-likeness (QED) is 0.407. The van der Waals surface area contributed by atoms with Crippen LogP contribution in [-0.4, -0.2) is 29.9 Å². The minimum atomic E-state index is -5.11. The van der Waals surface area contributed by atoms with Crippen molar-refractivity contribution in [3.05, 3.63) is 0 Å². The summed E-state index contributed by atoms with van der Waals surface area (Å²) in [6, 6.07) is 0. The summed E-state index contributed by atoms with van der Waals surface area (Å²) < 4.78 is 39.1. The summed E-state index contributed by atoms with van der Waals surface area (Å²) in [5.74, 6) is -3.70. The molecule has 3 nitrogen and oxygen atoms in total. The molecule has 0 aromatic rings. The van der Waals surface area contributed by atoms with Gasteiger partial charge in [-0.15, -0.1) is 11.6 Å². The van der Waals surface area contributed by atoms with Crippen molar-refractivity contribution in [1.29, 1.82) is 0 Å². The maximum atomic E-state index is 11.7. The van der Waals surface area contributed by atoms with Gasteiger partial charge in [-0.05, 0) is 6.92 Å². The molecule has 0 radical (unpaired) electrons. The second-order valence-electron chi connectivity index (χ2n) is 1.98. The van der Waals surface area contributed by atoms with Crippen molar-refractivity contribution in [2.24, 2.45) is 0 Å². The van der Waals surface area contributed by atoms with E-state index in [9.17, 15) is 22.8 Å². The van der Waals surface area contributed by atoms with Crippen molar-refractivity contribution in [3.8, 4) is 0 Å². The maximum absolute atomic E-state index is 11.7. The highest BCUT2D eigenvalue weighted by Gasteiger charge is 2.46. The van der Waals surface area contributed by atoms with Gasteiger partial charge in [-0.3, -0.25) is 4.79 Å². The fourth-order valence-electron chi connectivity index (χ4n) is 0.466. The van der Waals surface area contributed by atoms with Gasteiger partial charge < -0.3 is 4.74 Å². The van der Waals surface area contributed by atoms with Crippen molar-refractivity contribution < 1.29 is 27.5 Å². The fraction of sp³-hybridized carbons (Fsp3) is 0.667. The Morgan fingerprint density at radius 3 is 2.23 bits per heavy atom. The standard InChI is InChI=1S/C6H6ClF3O3/c1-2-13-5(12)3(7)4(11)6(8,9)10/h3H,2H2,1H3/t3-/m0/s1. The highest BCUT2D eigenvalue weighted by atomic mass is 35.5. The van der Waals surface area contributed by atoms with E-state index >= 15 is 0 Å². The molecule has 0 rings (SSSR count). The van der Waals surface area contributed by atoms with E-state index < -0.39 is 23.3 Å². The first kappa shape index (κ1) is 12.2. The number of ketones is 1. The highest BCUT2D eigenvalue weighted by molar-refractivity contribution is 6.41. The molecule has 0 saturated heterocycles. The molecule has 0 fully saturated rings. The van der Waals surface area contributed by atoms with Crippen LogP contribution in [0.3, 0.4) is 0 Å². The van der Waals surface area contributed by atoms with Crippen LogP contribution in [0.15, 0.2) is 0 Å². The van der Waals surface area contributed by atoms with Gasteiger partial charge in [0.2, 0.25) is 0 Å². The van der Waals surface area contributed by atoms with E-state index in [1.165, 1.54) is 6.92 Å². The number of carbonyl (C=O) groups is 2. The van der Waals surface area contributed by atoms with E-state index in [2.05, 4.69) is 4.74 Å². The smallest absolute Gasteiger partial charge is 0.452 e.